The van der Waals surface area contributed by atoms with Crippen LogP contribution in [-0.2, 0) is 4.74 Å². The van der Waals surface area contributed by atoms with Gasteiger partial charge < -0.3 is 9.26 Å². The predicted octanol–water partition coefficient (Wildman–Crippen LogP) is 3.07. The molecule has 1 aromatic heterocycles. The van der Waals surface area contributed by atoms with E-state index in [2.05, 4.69) is 37.0 Å². The van der Waals surface area contributed by atoms with E-state index in [-0.39, 0.29) is 28.8 Å². The molecule has 0 aromatic carbocycles. The summed E-state index contributed by atoms with van der Waals surface area (Å²) in [6.07, 6.45) is -0.215. The van der Waals surface area contributed by atoms with E-state index < -0.39 is 0 Å². The second-order valence-corrected chi connectivity index (χ2v) is 6.88. The molecule has 5 nitrogen and oxygen atoms in total. The van der Waals surface area contributed by atoms with E-state index in [1.54, 1.807) is 7.11 Å². The largest absolute Gasteiger partial charge is 0.373 e. The molecule has 0 bridgehead atoms. The lowest BCUT2D eigenvalue weighted by molar-refractivity contribution is 0.00718. The zero-order valence-corrected chi connectivity index (χ0v) is 12.4. The standard InChI is InChI=1S/C14H21N3O2/c1-13(2,3)10(18-6)11-16-12(19-17-11)9-8(7-15)14(9,4)5/h8-10H,1-6H3. The molecule has 1 fully saturated rings. The molecule has 1 heterocycles. The van der Waals surface area contributed by atoms with Crippen LogP contribution < -0.4 is 0 Å². The van der Waals surface area contributed by atoms with Gasteiger partial charge in [0.05, 0.1) is 17.9 Å². The highest BCUT2D eigenvalue weighted by Gasteiger charge is 2.62. The summed E-state index contributed by atoms with van der Waals surface area (Å²) in [6, 6.07) is 2.30. The zero-order valence-electron chi connectivity index (χ0n) is 12.4. The van der Waals surface area contributed by atoms with E-state index in [1.165, 1.54) is 0 Å². The Morgan fingerprint density at radius 3 is 2.47 bits per heavy atom. The lowest BCUT2D eigenvalue weighted by Crippen LogP contribution is -2.21. The smallest absolute Gasteiger partial charge is 0.231 e. The molecule has 3 unspecified atom stereocenters. The Labute approximate surface area is 113 Å². The predicted molar refractivity (Wildman–Crippen MR) is 69.1 cm³/mol. The fraction of sp³-hybridized carbons (Fsp3) is 0.786. The molecular weight excluding hydrogens is 242 g/mol. The molecule has 1 saturated carbocycles. The van der Waals surface area contributed by atoms with E-state index in [4.69, 9.17) is 14.5 Å². The third-order valence-corrected chi connectivity index (χ3v) is 3.95. The van der Waals surface area contributed by atoms with Gasteiger partial charge in [-0.05, 0) is 10.8 Å². The van der Waals surface area contributed by atoms with Gasteiger partial charge in [-0.25, -0.2) is 0 Å². The second kappa shape index (κ2) is 4.31. The number of nitrogens with zero attached hydrogens (tertiary/aromatic N) is 3. The van der Waals surface area contributed by atoms with Gasteiger partial charge in [0.15, 0.2) is 0 Å². The highest BCUT2D eigenvalue weighted by molar-refractivity contribution is 5.26. The molecule has 104 valence electrons. The van der Waals surface area contributed by atoms with Crippen molar-refractivity contribution < 1.29 is 9.26 Å². The summed E-state index contributed by atoms with van der Waals surface area (Å²) in [5.41, 5.74) is -0.188. The van der Waals surface area contributed by atoms with Crippen molar-refractivity contribution in [3.63, 3.8) is 0 Å². The fourth-order valence-electron chi connectivity index (χ4n) is 2.67. The maximum absolute atomic E-state index is 9.10. The molecule has 3 atom stereocenters. The van der Waals surface area contributed by atoms with Crippen molar-refractivity contribution in [2.24, 2.45) is 16.7 Å². The van der Waals surface area contributed by atoms with Gasteiger partial charge in [-0.3, -0.25) is 0 Å². The molecule has 0 spiro atoms. The first-order chi connectivity index (χ1) is 8.73. The molecule has 0 aliphatic heterocycles. The van der Waals surface area contributed by atoms with Crippen LogP contribution in [0.2, 0.25) is 0 Å². The minimum atomic E-state index is -0.215. The number of nitriles is 1. The average molecular weight is 263 g/mol. The normalized spacial score (nSPS) is 26.8. The Morgan fingerprint density at radius 2 is 2.05 bits per heavy atom. The molecule has 5 heteroatoms. The lowest BCUT2D eigenvalue weighted by Gasteiger charge is -2.26. The SMILES string of the molecule is COC(c1noc(C2C(C#N)C2(C)C)n1)C(C)(C)C. The second-order valence-electron chi connectivity index (χ2n) is 6.88. The molecule has 0 saturated heterocycles. The van der Waals surface area contributed by atoms with Gasteiger partial charge in [-0.1, -0.05) is 39.8 Å². The minimum absolute atomic E-state index is 0.0382. The Balaban J connectivity index is 2.24. The Kier molecular flexibility index (Phi) is 3.18. The van der Waals surface area contributed by atoms with Gasteiger partial charge in [0.2, 0.25) is 11.7 Å². The van der Waals surface area contributed by atoms with Gasteiger partial charge in [0.1, 0.15) is 6.10 Å². The van der Waals surface area contributed by atoms with Crippen molar-refractivity contribution in [1.29, 1.82) is 5.26 Å². The number of ether oxygens (including phenoxy) is 1. The maximum Gasteiger partial charge on any atom is 0.231 e. The van der Waals surface area contributed by atoms with E-state index in [1.807, 2.05) is 13.8 Å². The molecular formula is C14H21N3O2. The fourth-order valence-corrected chi connectivity index (χ4v) is 2.67. The Hall–Kier alpha value is -1.41. The van der Waals surface area contributed by atoms with Gasteiger partial charge in [0, 0.05) is 7.11 Å². The summed E-state index contributed by atoms with van der Waals surface area (Å²) >= 11 is 0. The van der Waals surface area contributed by atoms with Crippen LogP contribution in [0, 0.1) is 28.1 Å². The summed E-state index contributed by atoms with van der Waals surface area (Å²) < 4.78 is 10.8. The van der Waals surface area contributed by atoms with Crippen molar-refractivity contribution in [1.82, 2.24) is 10.1 Å². The molecule has 1 aliphatic rings. The number of hydrogen-bond acceptors (Lipinski definition) is 5. The minimum Gasteiger partial charge on any atom is -0.373 e. The van der Waals surface area contributed by atoms with Crippen molar-refractivity contribution in [3.8, 4) is 6.07 Å². The third-order valence-electron chi connectivity index (χ3n) is 3.95. The van der Waals surface area contributed by atoms with Crippen LogP contribution in [0.25, 0.3) is 0 Å². The monoisotopic (exact) mass is 263 g/mol. The Morgan fingerprint density at radius 1 is 1.42 bits per heavy atom. The van der Waals surface area contributed by atoms with Gasteiger partial charge in [-0.2, -0.15) is 10.2 Å². The number of hydrogen-bond donors (Lipinski definition) is 0. The van der Waals surface area contributed by atoms with Gasteiger partial charge in [0.25, 0.3) is 0 Å². The van der Waals surface area contributed by atoms with Crippen LogP contribution >= 0.6 is 0 Å². The Bertz CT molecular complexity index is 507. The zero-order chi connectivity index (χ0) is 14.4. The number of methoxy groups -OCH3 is 1. The van der Waals surface area contributed by atoms with Crippen molar-refractivity contribution in [2.75, 3.05) is 7.11 Å². The van der Waals surface area contributed by atoms with Crippen LogP contribution in [0.5, 0.6) is 0 Å². The summed E-state index contributed by atoms with van der Waals surface area (Å²) in [7, 11) is 1.64. The molecule has 0 amide bonds. The molecule has 19 heavy (non-hydrogen) atoms. The summed E-state index contributed by atoms with van der Waals surface area (Å²) in [5, 5.41) is 13.1. The van der Waals surface area contributed by atoms with Crippen molar-refractivity contribution in [3.05, 3.63) is 11.7 Å². The van der Waals surface area contributed by atoms with Crippen molar-refractivity contribution in [2.45, 2.75) is 46.6 Å². The molecule has 2 rings (SSSR count). The van der Waals surface area contributed by atoms with Crippen LogP contribution in [0.1, 0.15) is 58.4 Å². The molecule has 0 N–H and O–H groups in total. The van der Waals surface area contributed by atoms with Crippen LogP contribution in [0.15, 0.2) is 4.52 Å². The maximum atomic E-state index is 9.10. The van der Waals surface area contributed by atoms with Gasteiger partial charge >= 0.3 is 0 Å². The first-order valence-electron chi connectivity index (χ1n) is 6.49. The van der Waals surface area contributed by atoms with E-state index in [0.717, 1.165) is 0 Å². The van der Waals surface area contributed by atoms with E-state index in [0.29, 0.717) is 11.7 Å². The number of aromatic nitrogens is 2. The first kappa shape index (κ1) is 14.0. The van der Waals surface area contributed by atoms with Crippen LogP contribution in [0.4, 0.5) is 0 Å². The van der Waals surface area contributed by atoms with Crippen LogP contribution in [0.3, 0.4) is 0 Å². The number of rotatable bonds is 3. The van der Waals surface area contributed by atoms with Crippen molar-refractivity contribution >= 4 is 0 Å². The lowest BCUT2D eigenvalue weighted by atomic mass is 9.88. The van der Waals surface area contributed by atoms with Crippen LogP contribution in [-0.4, -0.2) is 17.3 Å². The van der Waals surface area contributed by atoms with E-state index >= 15 is 0 Å². The highest BCUT2D eigenvalue weighted by Crippen LogP contribution is 2.63. The summed E-state index contributed by atoms with van der Waals surface area (Å²) in [6.45, 7) is 10.3. The highest BCUT2D eigenvalue weighted by atomic mass is 16.5. The first-order valence-corrected chi connectivity index (χ1v) is 6.49. The van der Waals surface area contributed by atoms with Gasteiger partial charge in [-0.15, -0.1) is 0 Å². The summed E-state index contributed by atoms with van der Waals surface area (Å²) in [4.78, 5) is 4.45. The summed E-state index contributed by atoms with van der Waals surface area (Å²) in [5.74, 6) is 1.11. The average Bonchev–Trinajstić information content (AvgIpc) is 2.65. The topological polar surface area (TPSA) is 71.9 Å². The third kappa shape index (κ3) is 2.25. The molecule has 1 aliphatic carbocycles. The molecule has 0 radical (unpaired) electrons. The quantitative estimate of drug-likeness (QED) is 0.838. The molecule has 1 aromatic rings. The van der Waals surface area contributed by atoms with E-state index in [9.17, 15) is 0 Å².